The van der Waals surface area contributed by atoms with E-state index in [1.54, 1.807) is 26.0 Å². The quantitative estimate of drug-likeness (QED) is 0.763. The first kappa shape index (κ1) is 13.2. The van der Waals surface area contributed by atoms with Gasteiger partial charge in [-0.1, -0.05) is 0 Å². The van der Waals surface area contributed by atoms with E-state index in [0.29, 0.717) is 6.54 Å². The monoisotopic (exact) mass is 242 g/mol. The molecule has 1 atom stereocenters. The van der Waals surface area contributed by atoms with E-state index >= 15 is 0 Å². The zero-order valence-electron chi connectivity index (χ0n) is 9.82. The average Bonchev–Trinajstić information content (AvgIpc) is 2.35. The van der Waals surface area contributed by atoms with Crippen LogP contribution in [-0.4, -0.2) is 27.0 Å². The summed E-state index contributed by atoms with van der Waals surface area (Å²) in [7, 11) is 3.26. The Balaban J connectivity index is 3.25. The van der Waals surface area contributed by atoms with Crippen molar-refractivity contribution in [3.63, 3.8) is 0 Å². The molecule has 0 fully saturated rings. The molecular weight excluding hydrogens is 224 g/mol. The van der Waals surface area contributed by atoms with Crippen LogP contribution < -0.4 is 20.9 Å². The molecule has 4 nitrogen and oxygen atoms in total. The van der Waals surface area contributed by atoms with Crippen LogP contribution in [0.4, 0.5) is 0 Å². The predicted octanol–water partition coefficient (Wildman–Crippen LogP) is 1.38. The van der Waals surface area contributed by atoms with Crippen LogP contribution in [0.2, 0.25) is 0 Å². The Bertz CT molecular complexity index is 358. The third-order valence-corrected chi connectivity index (χ3v) is 3.15. The molecule has 0 bridgehead atoms. The van der Waals surface area contributed by atoms with Crippen molar-refractivity contribution in [2.45, 2.75) is 10.9 Å². The lowest BCUT2D eigenvalue weighted by Gasteiger charge is -2.17. The second kappa shape index (κ2) is 5.98. The second-order valence-corrected chi connectivity index (χ2v) is 4.14. The van der Waals surface area contributed by atoms with Gasteiger partial charge in [0.2, 0.25) is 0 Å². The summed E-state index contributed by atoms with van der Waals surface area (Å²) >= 11 is 1.60. The summed E-state index contributed by atoms with van der Waals surface area (Å²) in [6, 6.07) is 3.58. The predicted molar refractivity (Wildman–Crippen MR) is 67.3 cm³/mol. The SMILES string of the molecule is COc1cc(C(N)CN)c(OC)cc1SC. The molecular formula is C11H18N2O2S. The number of hydrogen-bond donors (Lipinski definition) is 2. The van der Waals surface area contributed by atoms with Gasteiger partial charge in [-0.15, -0.1) is 11.8 Å². The van der Waals surface area contributed by atoms with Gasteiger partial charge >= 0.3 is 0 Å². The van der Waals surface area contributed by atoms with Crippen molar-refractivity contribution in [2.75, 3.05) is 27.0 Å². The number of benzene rings is 1. The first-order chi connectivity index (χ1) is 7.67. The Labute approximate surface area is 100 Å². The van der Waals surface area contributed by atoms with E-state index in [1.165, 1.54) is 0 Å². The highest BCUT2D eigenvalue weighted by atomic mass is 32.2. The lowest BCUT2D eigenvalue weighted by Crippen LogP contribution is -2.21. The fourth-order valence-corrected chi connectivity index (χ4v) is 2.04. The highest BCUT2D eigenvalue weighted by Crippen LogP contribution is 2.36. The highest BCUT2D eigenvalue weighted by Gasteiger charge is 2.15. The number of hydrogen-bond acceptors (Lipinski definition) is 5. The van der Waals surface area contributed by atoms with E-state index in [9.17, 15) is 0 Å². The lowest BCUT2D eigenvalue weighted by molar-refractivity contribution is 0.387. The van der Waals surface area contributed by atoms with Crippen LogP contribution in [0.5, 0.6) is 11.5 Å². The lowest BCUT2D eigenvalue weighted by atomic mass is 10.1. The molecule has 0 radical (unpaired) electrons. The Morgan fingerprint density at radius 1 is 1.25 bits per heavy atom. The summed E-state index contributed by atoms with van der Waals surface area (Å²) in [6.45, 7) is 0.373. The van der Waals surface area contributed by atoms with E-state index in [4.69, 9.17) is 20.9 Å². The van der Waals surface area contributed by atoms with Crippen molar-refractivity contribution >= 4 is 11.8 Å². The van der Waals surface area contributed by atoms with Crippen molar-refractivity contribution in [2.24, 2.45) is 11.5 Å². The Morgan fingerprint density at radius 3 is 2.31 bits per heavy atom. The number of thioether (sulfide) groups is 1. The normalized spacial score (nSPS) is 12.3. The van der Waals surface area contributed by atoms with E-state index in [2.05, 4.69) is 0 Å². The van der Waals surface area contributed by atoms with Crippen molar-refractivity contribution in [3.8, 4) is 11.5 Å². The van der Waals surface area contributed by atoms with Gasteiger partial charge in [-0.3, -0.25) is 0 Å². The molecule has 0 heterocycles. The third-order valence-electron chi connectivity index (χ3n) is 2.39. The smallest absolute Gasteiger partial charge is 0.133 e. The fourth-order valence-electron chi connectivity index (χ4n) is 1.47. The minimum atomic E-state index is -0.236. The summed E-state index contributed by atoms with van der Waals surface area (Å²) in [5.41, 5.74) is 12.4. The van der Waals surface area contributed by atoms with Gasteiger partial charge in [0.05, 0.1) is 19.1 Å². The molecule has 0 saturated carbocycles. The maximum absolute atomic E-state index is 5.92. The van der Waals surface area contributed by atoms with Crippen molar-refractivity contribution in [3.05, 3.63) is 17.7 Å². The van der Waals surface area contributed by atoms with Crippen LogP contribution in [0.1, 0.15) is 11.6 Å². The minimum absolute atomic E-state index is 0.236. The summed E-state index contributed by atoms with van der Waals surface area (Å²) < 4.78 is 10.6. The van der Waals surface area contributed by atoms with Crippen LogP contribution in [0, 0.1) is 0 Å². The van der Waals surface area contributed by atoms with Crippen molar-refractivity contribution in [1.82, 2.24) is 0 Å². The van der Waals surface area contributed by atoms with Gasteiger partial charge in [-0.05, 0) is 18.4 Å². The average molecular weight is 242 g/mol. The van der Waals surface area contributed by atoms with Crippen LogP contribution in [0.15, 0.2) is 17.0 Å². The van der Waals surface area contributed by atoms with Crippen LogP contribution in [0.3, 0.4) is 0 Å². The molecule has 0 spiro atoms. The van der Waals surface area contributed by atoms with Gasteiger partial charge in [-0.2, -0.15) is 0 Å². The number of rotatable bonds is 5. The highest BCUT2D eigenvalue weighted by molar-refractivity contribution is 7.98. The van der Waals surface area contributed by atoms with Crippen LogP contribution >= 0.6 is 11.8 Å². The standard InChI is InChI=1S/C11H18N2O2S/c1-14-9-5-11(16-3)10(15-2)4-7(9)8(13)6-12/h4-5,8H,6,12-13H2,1-3H3. The molecule has 0 saturated heterocycles. The van der Waals surface area contributed by atoms with E-state index in [1.807, 2.05) is 18.4 Å². The molecule has 4 N–H and O–H groups in total. The van der Waals surface area contributed by atoms with E-state index in [0.717, 1.165) is 22.0 Å². The zero-order chi connectivity index (χ0) is 12.1. The molecule has 0 aliphatic rings. The summed E-state index contributed by atoms with van der Waals surface area (Å²) in [6.07, 6.45) is 1.99. The van der Waals surface area contributed by atoms with E-state index in [-0.39, 0.29) is 6.04 Å². The summed E-state index contributed by atoms with van der Waals surface area (Å²) in [5, 5.41) is 0. The van der Waals surface area contributed by atoms with Crippen molar-refractivity contribution < 1.29 is 9.47 Å². The van der Waals surface area contributed by atoms with Gasteiger partial charge in [0.25, 0.3) is 0 Å². The fraction of sp³-hybridized carbons (Fsp3) is 0.455. The molecule has 1 rings (SSSR count). The number of nitrogens with two attached hydrogens (primary N) is 2. The Hall–Kier alpha value is -0.910. The van der Waals surface area contributed by atoms with Gasteiger partial charge < -0.3 is 20.9 Å². The molecule has 0 aliphatic heterocycles. The third kappa shape index (κ3) is 2.61. The van der Waals surface area contributed by atoms with Gasteiger partial charge in [0.1, 0.15) is 11.5 Å². The largest absolute Gasteiger partial charge is 0.496 e. The Kier molecular flexibility index (Phi) is 4.92. The molecule has 0 amide bonds. The van der Waals surface area contributed by atoms with Gasteiger partial charge in [0, 0.05) is 18.2 Å². The Morgan fingerprint density at radius 2 is 1.88 bits per heavy atom. The topological polar surface area (TPSA) is 70.5 Å². The molecule has 5 heteroatoms. The number of ether oxygens (including phenoxy) is 2. The molecule has 90 valence electrons. The maximum Gasteiger partial charge on any atom is 0.133 e. The molecule has 1 aromatic rings. The van der Waals surface area contributed by atoms with Crippen LogP contribution in [0.25, 0.3) is 0 Å². The minimum Gasteiger partial charge on any atom is -0.496 e. The van der Waals surface area contributed by atoms with Crippen molar-refractivity contribution in [1.29, 1.82) is 0 Å². The maximum atomic E-state index is 5.92. The summed E-state index contributed by atoms with van der Waals surface area (Å²) in [5.74, 6) is 1.55. The van der Waals surface area contributed by atoms with Gasteiger partial charge in [-0.25, -0.2) is 0 Å². The van der Waals surface area contributed by atoms with Crippen LogP contribution in [-0.2, 0) is 0 Å². The van der Waals surface area contributed by atoms with E-state index < -0.39 is 0 Å². The second-order valence-electron chi connectivity index (χ2n) is 3.29. The molecule has 1 unspecified atom stereocenters. The van der Waals surface area contributed by atoms with Gasteiger partial charge in [0.15, 0.2) is 0 Å². The molecule has 1 aromatic carbocycles. The number of methoxy groups -OCH3 is 2. The molecule has 0 aliphatic carbocycles. The molecule has 16 heavy (non-hydrogen) atoms. The zero-order valence-corrected chi connectivity index (χ0v) is 10.6. The summed E-state index contributed by atoms with van der Waals surface area (Å²) in [4.78, 5) is 1.02. The molecule has 0 aromatic heterocycles. The first-order valence-electron chi connectivity index (χ1n) is 4.93. The first-order valence-corrected chi connectivity index (χ1v) is 6.16.